The molecule has 0 radical (unpaired) electrons. The molecule has 0 atom stereocenters. The maximum atomic E-state index is 10.8. The minimum Gasteiger partial charge on any atom is -0.382 e. The third-order valence-electron chi connectivity index (χ3n) is 3.81. The van der Waals surface area contributed by atoms with Crippen molar-refractivity contribution in [3.05, 3.63) is 35.6 Å². The van der Waals surface area contributed by atoms with Gasteiger partial charge in [0.2, 0.25) is 0 Å². The first-order valence-corrected chi connectivity index (χ1v) is 6.89. The third kappa shape index (κ3) is 2.25. The van der Waals surface area contributed by atoms with Crippen molar-refractivity contribution in [2.75, 3.05) is 18.0 Å². The summed E-state index contributed by atoms with van der Waals surface area (Å²) in [6.45, 7) is 1.43. The lowest BCUT2D eigenvalue weighted by molar-refractivity contribution is -0.0000642. The Labute approximate surface area is 122 Å². The summed E-state index contributed by atoms with van der Waals surface area (Å²) in [5.74, 6) is 0.623. The lowest BCUT2D eigenvalue weighted by atomic mass is 9.90. The second kappa shape index (κ2) is 5.03. The molecule has 0 amide bonds. The van der Waals surface area contributed by atoms with Gasteiger partial charge in [-0.15, -0.1) is 0 Å². The van der Waals surface area contributed by atoms with Crippen LogP contribution in [0, 0.1) is 0 Å². The van der Waals surface area contributed by atoms with Gasteiger partial charge in [-0.3, -0.25) is 9.67 Å². The van der Waals surface area contributed by atoms with Crippen LogP contribution in [-0.4, -0.2) is 37.9 Å². The largest absolute Gasteiger partial charge is 0.382 e. The van der Waals surface area contributed by atoms with E-state index in [4.69, 9.17) is 11.6 Å². The molecule has 2 aromatic heterocycles. The monoisotopic (exact) mass is 293 g/mol. The Morgan fingerprint density at radius 1 is 1.35 bits per heavy atom. The average molecular weight is 294 g/mol. The van der Waals surface area contributed by atoms with Crippen LogP contribution in [0.3, 0.4) is 0 Å². The lowest BCUT2D eigenvalue weighted by Gasteiger charge is -2.38. The highest BCUT2D eigenvalue weighted by Gasteiger charge is 2.37. The van der Waals surface area contributed by atoms with Crippen LogP contribution in [-0.2, 0) is 12.6 Å². The van der Waals surface area contributed by atoms with Crippen molar-refractivity contribution in [2.24, 2.45) is 7.05 Å². The molecule has 7 heteroatoms. The van der Waals surface area contributed by atoms with E-state index in [2.05, 4.69) is 20.0 Å². The highest BCUT2D eigenvalue weighted by atomic mass is 35.5. The molecule has 1 aliphatic heterocycles. The fourth-order valence-corrected chi connectivity index (χ4v) is 2.92. The van der Waals surface area contributed by atoms with Crippen LogP contribution in [0.1, 0.15) is 18.7 Å². The highest BCUT2D eigenvalue weighted by molar-refractivity contribution is 6.33. The summed E-state index contributed by atoms with van der Waals surface area (Å²) in [7, 11) is 1.80. The van der Waals surface area contributed by atoms with E-state index in [9.17, 15) is 5.11 Å². The molecule has 0 aromatic carbocycles. The summed E-state index contributed by atoms with van der Waals surface area (Å²) in [4.78, 5) is 10.3. The van der Waals surface area contributed by atoms with E-state index in [-0.39, 0.29) is 0 Å². The highest BCUT2D eigenvalue weighted by Crippen LogP contribution is 2.34. The van der Waals surface area contributed by atoms with E-state index < -0.39 is 5.60 Å². The summed E-state index contributed by atoms with van der Waals surface area (Å²) >= 11 is 6.16. The van der Waals surface area contributed by atoms with E-state index in [1.807, 2.05) is 6.07 Å². The van der Waals surface area contributed by atoms with E-state index in [0.717, 1.165) is 5.69 Å². The van der Waals surface area contributed by atoms with Gasteiger partial charge in [-0.25, -0.2) is 4.98 Å². The maximum Gasteiger partial charge on any atom is 0.158 e. The smallest absolute Gasteiger partial charge is 0.158 e. The second-order valence-electron chi connectivity index (χ2n) is 5.05. The topological polar surface area (TPSA) is 67.1 Å². The Hall–Kier alpha value is -1.66. The van der Waals surface area contributed by atoms with Crippen LogP contribution in [0.2, 0.25) is 5.02 Å². The van der Waals surface area contributed by atoms with Gasteiger partial charge >= 0.3 is 0 Å². The number of hydrogen-bond donors (Lipinski definition) is 1. The van der Waals surface area contributed by atoms with Crippen molar-refractivity contribution < 1.29 is 5.11 Å². The molecule has 1 saturated heterocycles. The van der Waals surface area contributed by atoms with Gasteiger partial charge in [0.05, 0.1) is 10.7 Å². The number of aromatic nitrogens is 4. The Morgan fingerprint density at radius 3 is 2.70 bits per heavy atom. The lowest BCUT2D eigenvalue weighted by Crippen LogP contribution is -2.44. The molecule has 20 heavy (non-hydrogen) atoms. The van der Waals surface area contributed by atoms with E-state index in [1.54, 1.807) is 24.1 Å². The molecule has 1 N–H and O–H groups in total. The molecule has 0 bridgehead atoms. The van der Waals surface area contributed by atoms with Gasteiger partial charge in [0.1, 0.15) is 11.9 Å². The third-order valence-corrected chi connectivity index (χ3v) is 4.10. The van der Waals surface area contributed by atoms with Gasteiger partial charge < -0.3 is 10.0 Å². The van der Waals surface area contributed by atoms with Crippen LogP contribution in [0.25, 0.3) is 0 Å². The molecule has 0 saturated carbocycles. The molecule has 6 nitrogen and oxygen atoms in total. The molecule has 0 spiro atoms. The van der Waals surface area contributed by atoms with Crippen molar-refractivity contribution in [2.45, 2.75) is 18.4 Å². The Balaban J connectivity index is 1.77. The zero-order valence-electron chi connectivity index (χ0n) is 11.2. The van der Waals surface area contributed by atoms with Crippen molar-refractivity contribution in [1.82, 2.24) is 19.7 Å². The number of halogens is 1. The SMILES string of the molecule is Cn1ncnc1C1(O)CCN(c2ccncc2Cl)CC1. The first-order valence-electron chi connectivity index (χ1n) is 6.51. The number of hydrogen-bond acceptors (Lipinski definition) is 5. The van der Waals surface area contributed by atoms with Gasteiger partial charge in [-0.1, -0.05) is 11.6 Å². The second-order valence-corrected chi connectivity index (χ2v) is 5.46. The van der Waals surface area contributed by atoms with Crippen molar-refractivity contribution in [3.63, 3.8) is 0 Å². The zero-order chi connectivity index (χ0) is 14.2. The minimum atomic E-state index is -0.915. The fraction of sp³-hybridized carbons (Fsp3) is 0.462. The van der Waals surface area contributed by atoms with Gasteiger partial charge in [0.25, 0.3) is 0 Å². The average Bonchev–Trinajstić information content (AvgIpc) is 2.88. The summed E-state index contributed by atoms with van der Waals surface area (Å²) in [6.07, 6.45) is 6.03. The first kappa shape index (κ1) is 13.3. The Bertz CT molecular complexity index is 606. The first-order chi connectivity index (χ1) is 9.60. The van der Waals surface area contributed by atoms with E-state index in [0.29, 0.717) is 36.8 Å². The van der Waals surface area contributed by atoms with E-state index in [1.165, 1.54) is 6.33 Å². The fourth-order valence-electron chi connectivity index (χ4n) is 2.68. The number of aliphatic hydroxyl groups is 1. The maximum absolute atomic E-state index is 10.8. The van der Waals surface area contributed by atoms with Crippen LogP contribution in [0.4, 0.5) is 5.69 Å². The molecule has 0 unspecified atom stereocenters. The van der Waals surface area contributed by atoms with Crippen LogP contribution in [0.5, 0.6) is 0 Å². The molecule has 1 aliphatic rings. The molecular formula is C13H16ClN5O. The molecule has 1 fully saturated rings. The predicted octanol–water partition coefficient (Wildman–Crippen LogP) is 1.35. The minimum absolute atomic E-state index is 0.595. The van der Waals surface area contributed by atoms with E-state index >= 15 is 0 Å². The number of anilines is 1. The molecule has 2 aromatic rings. The number of piperidine rings is 1. The van der Waals surface area contributed by atoms with Gasteiger partial charge in [0.15, 0.2) is 5.82 Å². The molecule has 106 valence electrons. The normalized spacial score (nSPS) is 18.2. The van der Waals surface area contributed by atoms with Crippen LogP contribution in [0.15, 0.2) is 24.8 Å². The van der Waals surface area contributed by atoms with Gasteiger partial charge in [0, 0.05) is 45.4 Å². The summed E-state index contributed by atoms with van der Waals surface area (Å²) < 4.78 is 1.63. The molecule has 0 aliphatic carbocycles. The van der Waals surface area contributed by atoms with Crippen molar-refractivity contribution in [3.8, 4) is 0 Å². The Morgan fingerprint density at radius 2 is 2.10 bits per heavy atom. The standard InChI is InChI=1S/C13H16ClN5O/c1-18-12(16-9-17-18)13(20)3-6-19(7-4-13)11-2-5-15-8-10(11)14/h2,5,8-9,20H,3-4,6-7H2,1H3. The summed E-state index contributed by atoms with van der Waals surface area (Å²) in [5, 5.41) is 15.4. The Kier molecular flexibility index (Phi) is 3.35. The van der Waals surface area contributed by atoms with Crippen LogP contribution >= 0.6 is 11.6 Å². The summed E-state index contributed by atoms with van der Waals surface area (Å²) in [5.41, 5.74) is 0.0445. The number of rotatable bonds is 2. The number of nitrogens with zero attached hydrogens (tertiary/aromatic N) is 5. The summed E-state index contributed by atoms with van der Waals surface area (Å²) in [6, 6.07) is 1.90. The van der Waals surface area contributed by atoms with Gasteiger partial charge in [-0.2, -0.15) is 5.10 Å². The van der Waals surface area contributed by atoms with Crippen molar-refractivity contribution in [1.29, 1.82) is 0 Å². The van der Waals surface area contributed by atoms with Crippen LogP contribution < -0.4 is 4.90 Å². The molecule has 3 rings (SSSR count). The number of aryl methyl sites for hydroxylation is 1. The zero-order valence-corrected chi connectivity index (χ0v) is 12.0. The number of pyridine rings is 1. The van der Waals surface area contributed by atoms with Crippen molar-refractivity contribution >= 4 is 17.3 Å². The van der Waals surface area contributed by atoms with Gasteiger partial charge in [-0.05, 0) is 6.07 Å². The molecule has 3 heterocycles. The quantitative estimate of drug-likeness (QED) is 0.905. The predicted molar refractivity (Wildman–Crippen MR) is 75.6 cm³/mol. The molecular weight excluding hydrogens is 278 g/mol.